The van der Waals surface area contributed by atoms with E-state index in [1.54, 1.807) is 16.9 Å². The Hall–Kier alpha value is -3.29. The van der Waals surface area contributed by atoms with Crippen LogP contribution in [0, 0.1) is 11.6 Å². The molecule has 0 bridgehead atoms. The maximum absolute atomic E-state index is 13.9. The van der Waals surface area contributed by atoms with Crippen LogP contribution in [-0.2, 0) is 13.1 Å². The van der Waals surface area contributed by atoms with E-state index < -0.39 is 11.6 Å². The summed E-state index contributed by atoms with van der Waals surface area (Å²) in [5.74, 6) is 0.536. The Morgan fingerprint density at radius 2 is 1.88 bits per heavy atom. The van der Waals surface area contributed by atoms with Crippen molar-refractivity contribution in [2.45, 2.75) is 13.1 Å². The van der Waals surface area contributed by atoms with Gasteiger partial charge in [0.1, 0.15) is 23.7 Å². The molecule has 3 heterocycles. The van der Waals surface area contributed by atoms with E-state index in [1.165, 1.54) is 30.9 Å². The molecule has 1 aromatic heterocycles. The van der Waals surface area contributed by atoms with E-state index in [2.05, 4.69) is 20.3 Å². The summed E-state index contributed by atoms with van der Waals surface area (Å²) in [6.07, 6.45) is 4.45. The highest BCUT2D eigenvalue weighted by atomic mass is 19.1. The summed E-state index contributed by atoms with van der Waals surface area (Å²) in [7, 11) is 0. The van der Waals surface area contributed by atoms with Crippen LogP contribution in [0.2, 0.25) is 0 Å². The van der Waals surface area contributed by atoms with Crippen LogP contribution in [0.25, 0.3) is 11.5 Å². The molecule has 0 spiro atoms. The number of halogens is 2. The zero-order chi connectivity index (χ0) is 17.2. The van der Waals surface area contributed by atoms with Crippen molar-refractivity contribution in [1.29, 1.82) is 0 Å². The summed E-state index contributed by atoms with van der Waals surface area (Å²) in [5.41, 5.74) is 0.473. The Morgan fingerprint density at radius 3 is 2.64 bits per heavy atom. The molecule has 0 radical (unpaired) electrons. The summed E-state index contributed by atoms with van der Waals surface area (Å²) >= 11 is 0. The van der Waals surface area contributed by atoms with Gasteiger partial charge in [-0.3, -0.25) is 0 Å². The van der Waals surface area contributed by atoms with Crippen LogP contribution >= 0.6 is 0 Å². The molecule has 0 unspecified atom stereocenters. The lowest BCUT2D eigenvalue weighted by Gasteiger charge is -2.14. The lowest BCUT2D eigenvalue weighted by Crippen LogP contribution is -2.12. The van der Waals surface area contributed by atoms with E-state index in [1.807, 2.05) is 6.07 Å². The number of hydrogen-bond donors (Lipinski definition) is 1. The predicted molar refractivity (Wildman–Crippen MR) is 85.9 cm³/mol. The average Bonchev–Trinajstić information content (AvgIpc) is 3.28. The molecule has 0 saturated carbocycles. The lowest BCUT2D eigenvalue weighted by molar-refractivity contribution is 0.517. The van der Waals surface area contributed by atoms with Crippen molar-refractivity contribution in [3.8, 4) is 11.5 Å². The molecule has 0 atom stereocenters. The Morgan fingerprint density at radius 1 is 1.04 bits per heavy atom. The third-order valence-corrected chi connectivity index (χ3v) is 3.80. The molecule has 1 N–H and O–H groups in total. The topological polar surface area (TPSA) is 68.8 Å². The smallest absolute Gasteiger partial charge is 0.165 e. The number of fused-ring (bicyclic) bond motifs is 1. The van der Waals surface area contributed by atoms with Crippen molar-refractivity contribution >= 4 is 5.82 Å². The maximum atomic E-state index is 13.9. The third-order valence-electron chi connectivity index (χ3n) is 3.80. The van der Waals surface area contributed by atoms with Crippen LogP contribution in [0.15, 0.2) is 53.7 Å². The second-order valence-corrected chi connectivity index (χ2v) is 5.40. The molecule has 2 aromatic rings. The first kappa shape index (κ1) is 15.3. The first-order valence-electron chi connectivity index (χ1n) is 7.57. The number of benzene rings is 1. The number of anilines is 1. The van der Waals surface area contributed by atoms with Gasteiger partial charge in [0.15, 0.2) is 17.3 Å². The summed E-state index contributed by atoms with van der Waals surface area (Å²) < 4.78 is 34.6. The van der Waals surface area contributed by atoms with Crippen LogP contribution in [-0.4, -0.2) is 19.5 Å². The number of furan rings is 1. The number of imidazole rings is 1. The Balaban J connectivity index is 1.63. The van der Waals surface area contributed by atoms with Crippen molar-refractivity contribution in [2.24, 2.45) is 0 Å². The summed E-state index contributed by atoms with van der Waals surface area (Å²) in [6.45, 7) is 0.410. The fraction of sp³-hybridized carbons (Fsp3) is 0.118. The number of hydrogen-bond acceptors (Lipinski definition) is 5. The molecule has 0 amide bonds. The third kappa shape index (κ3) is 2.93. The zero-order valence-corrected chi connectivity index (χ0v) is 13.0. The van der Waals surface area contributed by atoms with Crippen LogP contribution in [0.4, 0.5) is 14.6 Å². The molecule has 0 fully saturated rings. The Kier molecular flexibility index (Phi) is 3.85. The van der Waals surface area contributed by atoms with Crippen LogP contribution < -0.4 is 5.32 Å². The SMILES string of the molecule is Fc1cccc(F)c1Cn1cnc(NCc2ccco2)c2ncnc1-2. The van der Waals surface area contributed by atoms with E-state index in [-0.39, 0.29) is 12.1 Å². The van der Waals surface area contributed by atoms with E-state index in [0.29, 0.717) is 23.9 Å². The largest absolute Gasteiger partial charge is 0.467 e. The summed E-state index contributed by atoms with van der Waals surface area (Å²) in [6, 6.07) is 7.41. The molecule has 1 aromatic carbocycles. The number of nitrogens with one attached hydrogen (secondary N) is 1. The first-order chi connectivity index (χ1) is 12.2. The van der Waals surface area contributed by atoms with Gasteiger partial charge in [0.2, 0.25) is 0 Å². The fourth-order valence-corrected chi connectivity index (χ4v) is 2.56. The Bertz CT molecular complexity index is 947. The van der Waals surface area contributed by atoms with Crippen molar-refractivity contribution in [3.63, 3.8) is 0 Å². The zero-order valence-electron chi connectivity index (χ0n) is 13.0. The fourth-order valence-electron chi connectivity index (χ4n) is 2.56. The highest BCUT2D eigenvalue weighted by molar-refractivity contribution is 5.66. The van der Waals surface area contributed by atoms with Crippen molar-refractivity contribution < 1.29 is 13.2 Å². The predicted octanol–water partition coefficient (Wildman–Crippen LogP) is 3.31. The van der Waals surface area contributed by atoms with Crippen LogP contribution in [0.5, 0.6) is 0 Å². The normalized spacial score (nSPS) is 11.1. The highest BCUT2D eigenvalue weighted by Gasteiger charge is 2.19. The molecule has 4 rings (SSSR count). The average molecular weight is 341 g/mol. The highest BCUT2D eigenvalue weighted by Crippen LogP contribution is 2.26. The van der Waals surface area contributed by atoms with Crippen molar-refractivity contribution in [2.75, 3.05) is 5.32 Å². The van der Waals surface area contributed by atoms with Gasteiger partial charge < -0.3 is 14.3 Å². The lowest BCUT2D eigenvalue weighted by atomic mass is 10.2. The molecule has 6 nitrogen and oxygen atoms in total. The minimum Gasteiger partial charge on any atom is -0.467 e. The van der Waals surface area contributed by atoms with Gasteiger partial charge in [0, 0.05) is 5.56 Å². The van der Waals surface area contributed by atoms with Crippen LogP contribution in [0.3, 0.4) is 0 Å². The molecule has 126 valence electrons. The van der Waals surface area contributed by atoms with E-state index in [9.17, 15) is 8.78 Å². The quantitative estimate of drug-likeness (QED) is 0.603. The van der Waals surface area contributed by atoms with Gasteiger partial charge in [-0.2, -0.15) is 0 Å². The van der Waals surface area contributed by atoms with E-state index in [0.717, 1.165) is 5.76 Å². The summed E-state index contributed by atoms with van der Waals surface area (Å²) in [4.78, 5) is 12.7. The first-order valence-corrected chi connectivity index (χ1v) is 7.57. The molecule has 25 heavy (non-hydrogen) atoms. The van der Waals surface area contributed by atoms with Gasteiger partial charge in [-0.25, -0.2) is 23.7 Å². The molecular weight excluding hydrogens is 328 g/mol. The van der Waals surface area contributed by atoms with Gasteiger partial charge >= 0.3 is 0 Å². The van der Waals surface area contributed by atoms with Gasteiger partial charge in [0.05, 0.1) is 25.7 Å². The molecule has 8 heteroatoms. The standard InChI is InChI=1S/C17H13F2N5O/c18-13-4-1-5-14(19)12(13)8-24-10-23-16(15-17(24)22-9-21-15)20-7-11-3-2-6-25-11/h1-6,9-10,20H,7-8H2. The molecule has 2 aliphatic rings. The second-order valence-electron chi connectivity index (χ2n) is 5.40. The van der Waals surface area contributed by atoms with Gasteiger partial charge in [-0.1, -0.05) is 6.07 Å². The van der Waals surface area contributed by atoms with E-state index >= 15 is 0 Å². The van der Waals surface area contributed by atoms with Crippen LogP contribution in [0.1, 0.15) is 11.3 Å². The monoisotopic (exact) mass is 341 g/mol. The number of nitrogens with zero attached hydrogens (tertiary/aromatic N) is 4. The molecule has 0 aliphatic carbocycles. The van der Waals surface area contributed by atoms with Gasteiger partial charge in [0.25, 0.3) is 0 Å². The van der Waals surface area contributed by atoms with Crippen molar-refractivity contribution in [1.82, 2.24) is 19.5 Å². The van der Waals surface area contributed by atoms with Crippen molar-refractivity contribution in [3.05, 3.63) is 72.2 Å². The van der Waals surface area contributed by atoms with E-state index in [4.69, 9.17) is 4.42 Å². The number of rotatable bonds is 5. The van der Waals surface area contributed by atoms with Gasteiger partial charge in [-0.05, 0) is 24.3 Å². The summed E-state index contributed by atoms with van der Waals surface area (Å²) in [5, 5.41) is 3.12. The molecule has 2 aliphatic heterocycles. The molecular formula is C17H13F2N5O. The Labute approximate surface area is 141 Å². The van der Waals surface area contributed by atoms with Gasteiger partial charge in [-0.15, -0.1) is 0 Å². The minimum absolute atomic E-state index is 0.0286. The maximum Gasteiger partial charge on any atom is 0.165 e. The number of aromatic nitrogens is 4. The molecule has 0 saturated heterocycles. The second kappa shape index (κ2) is 6.31. The minimum atomic E-state index is -0.611.